The van der Waals surface area contributed by atoms with Crippen molar-refractivity contribution in [2.45, 2.75) is 27.7 Å². The summed E-state index contributed by atoms with van der Waals surface area (Å²) >= 11 is 0. The van der Waals surface area contributed by atoms with E-state index >= 15 is 0 Å². The third kappa shape index (κ3) is 5.90. The van der Waals surface area contributed by atoms with Crippen molar-refractivity contribution in [1.82, 2.24) is 0 Å². The second-order valence-corrected chi connectivity index (χ2v) is 7.82. The highest BCUT2D eigenvalue weighted by molar-refractivity contribution is 6.11. The lowest BCUT2D eigenvalue weighted by molar-refractivity contribution is 1.50. The number of allylic oxidation sites excluding steroid dienone is 10. The molecule has 0 radical (unpaired) electrons. The second kappa shape index (κ2) is 14.3. The fourth-order valence-electron chi connectivity index (χ4n) is 4.37. The molecule has 0 fully saturated rings. The highest BCUT2D eigenvalue weighted by Crippen LogP contribution is 2.42. The molecule has 0 atom stereocenters. The number of rotatable bonds is 9. The van der Waals surface area contributed by atoms with Crippen LogP contribution in [0.25, 0.3) is 45.2 Å². The molecule has 0 aliphatic rings. The molecular weight excluding hydrogens is 432 g/mol. The molecule has 3 aromatic carbocycles. The van der Waals surface area contributed by atoms with Crippen LogP contribution in [0.3, 0.4) is 0 Å². The van der Waals surface area contributed by atoms with E-state index in [1.54, 1.807) is 0 Å². The van der Waals surface area contributed by atoms with Crippen LogP contribution in [0.4, 0.5) is 0 Å². The van der Waals surface area contributed by atoms with Crippen LogP contribution in [0.1, 0.15) is 49.9 Å². The van der Waals surface area contributed by atoms with Gasteiger partial charge in [0.15, 0.2) is 0 Å². The van der Waals surface area contributed by atoms with Gasteiger partial charge in [0.25, 0.3) is 0 Å². The van der Waals surface area contributed by atoms with Gasteiger partial charge in [0.2, 0.25) is 0 Å². The Morgan fingerprint density at radius 1 is 0.722 bits per heavy atom. The maximum absolute atomic E-state index is 4.20. The number of benzene rings is 3. The summed E-state index contributed by atoms with van der Waals surface area (Å²) in [5.41, 5.74) is 8.83. The summed E-state index contributed by atoms with van der Waals surface area (Å²) in [4.78, 5) is 0. The first-order valence-corrected chi connectivity index (χ1v) is 12.5. The summed E-state index contributed by atoms with van der Waals surface area (Å²) in [5.74, 6) is 0. The third-order valence-electron chi connectivity index (χ3n) is 5.81. The van der Waals surface area contributed by atoms with Crippen molar-refractivity contribution in [2.75, 3.05) is 0 Å². The maximum atomic E-state index is 4.20. The van der Waals surface area contributed by atoms with E-state index in [1.807, 2.05) is 76.3 Å². The quantitative estimate of drug-likeness (QED) is 0.273. The highest BCUT2D eigenvalue weighted by atomic mass is 14.2. The van der Waals surface area contributed by atoms with Gasteiger partial charge in [0, 0.05) is 0 Å². The molecule has 0 unspecified atom stereocenters. The fraction of sp³-hybridized carbons (Fsp3) is 0.111. The molecule has 182 valence electrons. The minimum Gasteiger partial charge on any atom is -0.0990 e. The molecule has 3 rings (SSSR count). The van der Waals surface area contributed by atoms with E-state index in [1.165, 1.54) is 0 Å². The van der Waals surface area contributed by atoms with E-state index in [2.05, 4.69) is 87.0 Å². The average molecular weight is 471 g/mol. The minimum absolute atomic E-state index is 1.06. The third-order valence-corrected chi connectivity index (χ3v) is 5.81. The van der Waals surface area contributed by atoms with Crippen molar-refractivity contribution in [3.63, 3.8) is 0 Å². The smallest absolute Gasteiger partial charge is 0.00264 e. The summed E-state index contributed by atoms with van der Waals surface area (Å²) in [7, 11) is 0. The van der Waals surface area contributed by atoms with Crippen LogP contribution in [0.5, 0.6) is 0 Å². The van der Waals surface area contributed by atoms with Crippen molar-refractivity contribution in [2.24, 2.45) is 0 Å². The van der Waals surface area contributed by atoms with E-state index in [9.17, 15) is 0 Å². The van der Waals surface area contributed by atoms with Gasteiger partial charge in [-0.2, -0.15) is 0 Å². The SMILES string of the molecule is C=C/C=C(\C=C/C)c1c(C=C)c(C=C)c(-c2ccccc2)c2cc(/C(C=C)=C/C=C\C)ccc12.CC. The normalized spacial score (nSPS) is 11.9. The molecule has 0 aliphatic heterocycles. The summed E-state index contributed by atoms with van der Waals surface area (Å²) in [6.45, 7) is 24.4. The molecule has 0 spiro atoms. The van der Waals surface area contributed by atoms with Crippen LogP contribution < -0.4 is 0 Å². The molecule has 0 aliphatic carbocycles. The molecule has 0 amide bonds. The van der Waals surface area contributed by atoms with Crippen molar-refractivity contribution >= 4 is 34.1 Å². The van der Waals surface area contributed by atoms with Crippen molar-refractivity contribution in [1.29, 1.82) is 0 Å². The Hall–Kier alpha value is -4.16. The first kappa shape index (κ1) is 28.1. The molecule has 0 heterocycles. The Kier molecular flexibility index (Phi) is 11.1. The Labute approximate surface area is 218 Å². The van der Waals surface area contributed by atoms with Crippen LogP contribution in [0.15, 0.2) is 123 Å². The van der Waals surface area contributed by atoms with Crippen LogP contribution in [0, 0.1) is 0 Å². The van der Waals surface area contributed by atoms with Gasteiger partial charge < -0.3 is 0 Å². The van der Waals surface area contributed by atoms with Crippen LogP contribution in [-0.2, 0) is 0 Å². The molecule has 0 bridgehead atoms. The van der Waals surface area contributed by atoms with E-state index < -0.39 is 0 Å². The molecule has 3 aromatic rings. The Balaban J connectivity index is 0.00000222. The van der Waals surface area contributed by atoms with Gasteiger partial charge >= 0.3 is 0 Å². The molecule has 0 N–H and O–H groups in total. The largest absolute Gasteiger partial charge is 0.0990 e. The molecule has 0 saturated carbocycles. The van der Waals surface area contributed by atoms with Gasteiger partial charge in [-0.25, -0.2) is 0 Å². The van der Waals surface area contributed by atoms with E-state index in [0.717, 1.165) is 55.3 Å². The number of hydrogen-bond donors (Lipinski definition) is 0. The Bertz CT molecular complexity index is 1350. The van der Waals surface area contributed by atoms with Gasteiger partial charge in [-0.05, 0) is 75.2 Å². The standard InChI is InChI=1S/C34H32.C2H6/c1-7-13-19-25(10-4)28-22-23-31-32(24-28)34(27-20-15-14-16-21-27)30(12-6)29(11-5)33(31)26(17-8-2)18-9-3;1-2/h7-24H,2,4-6H2,1,3H3;1-2H3/b13-7-,18-9-,25-19+,26-17+;. The lowest BCUT2D eigenvalue weighted by atomic mass is 9.82. The van der Waals surface area contributed by atoms with E-state index in [0.29, 0.717) is 0 Å². The van der Waals surface area contributed by atoms with Gasteiger partial charge in [-0.15, -0.1) is 0 Å². The van der Waals surface area contributed by atoms with Gasteiger partial charge in [-0.3, -0.25) is 0 Å². The zero-order chi connectivity index (χ0) is 26.5. The predicted molar refractivity (Wildman–Crippen MR) is 167 cm³/mol. The Morgan fingerprint density at radius 3 is 1.97 bits per heavy atom. The summed E-state index contributed by atoms with van der Waals surface area (Å²) in [6, 6.07) is 17.1. The average Bonchev–Trinajstić information content (AvgIpc) is 2.93. The maximum Gasteiger partial charge on any atom is -0.00264 e. The lowest BCUT2D eigenvalue weighted by Gasteiger charge is -2.21. The zero-order valence-corrected chi connectivity index (χ0v) is 22.2. The molecule has 36 heavy (non-hydrogen) atoms. The molecule has 0 aromatic heterocycles. The fourth-order valence-corrected chi connectivity index (χ4v) is 4.37. The second-order valence-electron chi connectivity index (χ2n) is 7.82. The highest BCUT2D eigenvalue weighted by Gasteiger charge is 2.19. The number of fused-ring (bicyclic) bond motifs is 1. The van der Waals surface area contributed by atoms with Gasteiger partial charge in [0.1, 0.15) is 0 Å². The predicted octanol–water partition coefficient (Wildman–Crippen LogP) is 11.1. The summed E-state index contributed by atoms with van der Waals surface area (Å²) < 4.78 is 0. The van der Waals surface area contributed by atoms with Crippen LogP contribution in [0.2, 0.25) is 0 Å². The summed E-state index contributed by atoms with van der Waals surface area (Å²) in [5, 5.41) is 2.32. The monoisotopic (exact) mass is 470 g/mol. The summed E-state index contributed by atoms with van der Waals surface area (Å²) in [6.07, 6.45) is 20.0. The van der Waals surface area contributed by atoms with Gasteiger partial charge in [0.05, 0.1) is 0 Å². The zero-order valence-electron chi connectivity index (χ0n) is 22.2. The Morgan fingerprint density at radius 2 is 1.42 bits per heavy atom. The molecule has 0 heteroatoms. The van der Waals surface area contributed by atoms with E-state index in [4.69, 9.17) is 0 Å². The van der Waals surface area contributed by atoms with E-state index in [-0.39, 0.29) is 0 Å². The van der Waals surface area contributed by atoms with Gasteiger partial charge in [-0.1, -0.05) is 143 Å². The van der Waals surface area contributed by atoms with Crippen molar-refractivity contribution < 1.29 is 0 Å². The molecule has 0 nitrogen and oxygen atoms in total. The van der Waals surface area contributed by atoms with Crippen LogP contribution in [-0.4, -0.2) is 0 Å². The first-order chi connectivity index (χ1) is 17.6. The van der Waals surface area contributed by atoms with Crippen molar-refractivity contribution in [3.05, 3.63) is 146 Å². The molecular formula is C36H38. The number of hydrogen-bond acceptors (Lipinski definition) is 0. The van der Waals surface area contributed by atoms with Crippen LogP contribution >= 0.6 is 0 Å². The topological polar surface area (TPSA) is 0 Å². The lowest BCUT2D eigenvalue weighted by Crippen LogP contribution is -1.99. The first-order valence-electron chi connectivity index (χ1n) is 12.5. The molecule has 0 saturated heterocycles. The minimum atomic E-state index is 1.06. The van der Waals surface area contributed by atoms with Crippen molar-refractivity contribution in [3.8, 4) is 11.1 Å².